The van der Waals surface area contributed by atoms with Gasteiger partial charge in [-0.2, -0.15) is 18.2 Å². The molecule has 0 aliphatic carbocycles. The second kappa shape index (κ2) is 8.07. The molecule has 1 unspecified atom stereocenters. The number of amides is 1. The van der Waals surface area contributed by atoms with Crippen LogP contribution in [-0.2, 0) is 22.4 Å². The van der Waals surface area contributed by atoms with E-state index >= 15 is 0 Å². The summed E-state index contributed by atoms with van der Waals surface area (Å²) in [6, 6.07) is 1.42. The summed E-state index contributed by atoms with van der Waals surface area (Å²) in [4.78, 5) is 14.5. The standard InChI is InChI=1S/C16H22F3N3O3S/c1-4-6-9(3)26(24,25)13-7-10(5-2)11(14(23)22-15(20)21)8-12(13)16(17,18)19/h7-9H,4-6H2,1-3H3,(H4,20,21,22,23). The Kier molecular flexibility index (Phi) is 6.81. The Bertz CT molecular complexity index is 814. The van der Waals surface area contributed by atoms with E-state index in [1.807, 2.05) is 0 Å². The van der Waals surface area contributed by atoms with Crippen LogP contribution in [0.3, 0.4) is 0 Å². The molecule has 1 aromatic carbocycles. The van der Waals surface area contributed by atoms with E-state index in [-0.39, 0.29) is 24.0 Å². The Balaban J connectivity index is 3.78. The Morgan fingerprint density at radius 1 is 1.23 bits per heavy atom. The average molecular weight is 393 g/mol. The number of carbonyl (C=O) groups is 1. The number of aryl methyl sites for hydroxylation is 1. The number of carbonyl (C=O) groups excluding carboxylic acids is 1. The molecule has 1 aromatic rings. The molecule has 0 fully saturated rings. The first-order valence-corrected chi connectivity index (χ1v) is 9.52. The van der Waals surface area contributed by atoms with E-state index in [9.17, 15) is 26.4 Å². The average Bonchev–Trinajstić information content (AvgIpc) is 2.52. The third-order valence-electron chi connectivity index (χ3n) is 3.88. The zero-order chi connectivity index (χ0) is 20.3. The molecule has 0 aliphatic heterocycles. The van der Waals surface area contributed by atoms with Gasteiger partial charge >= 0.3 is 6.18 Å². The van der Waals surface area contributed by atoms with Crippen molar-refractivity contribution in [2.75, 3.05) is 0 Å². The SMILES string of the molecule is CCCC(C)S(=O)(=O)c1cc(CC)c(C(=O)N=C(N)N)cc1C(F)(F)F. The van der Waals surface area contributed by atoms with Crippen LogP contribution >= 0.6 is 0 Å². The fraction of sp³-hybridized carbons (Fsp3) is 0.500. The number of benzene rings is 1. The molecule has 0 saturated heterocycles. The molecule has 26 heavy (non-hydrogen) atoms. The number of rotatable bonds is 6. The van der Waals surface area contributed by atoms with Crippen LogP contribution in [0.2, 0.25) is 0 Å². The summed E-state index contributed by atoms with van der Waals surface area (Å²) in [6.45, 7) is 4.69. The smallest absolute Gasteiger partial charge is 0.370 e. The van der Waals surface area contributed by atoms with E-state index in [2.05, 4.69) is 4.99 Å². The van der Waals surface area contributed by atoms with Crippen molar-refractivity contribution < 1.29 is 26.4 Å². The van der Waals surface area contributed by atoms with Crippen molar-refractivity contribution >= 4 is 21.7 Å². The fourth-order valence-electron chi connectivity index (χ4n) is 2.53. The van der Waals surface area contributed by atoms with Gasteiger partial charge in [0, 0.05) is 5.56 Å². The highest BCUT2D eigenvalue weighted by Gasteiger charge is 2.40. The zero-order valence-corrected chi connectivity index (χ0v) is 15.5. The summed E-state index contributed by atoms with van der Waals surface area (Å²) in [5, 5.41) is -0.988. The highest BCUT2D eigenvalue weighted by Crippen LogP contribution is 2.38. The lowest BCUT2D eigenvalue weighted by Crippen LogP contribution is -2.25. The van der Waals surface area contributed by atoms with Gasteiger partial charge < -0.3 is 11.5 Å². The van der Waals surface area contributed by atoms with E-state index in [0.717, 1.165) is 6.07 Å². The molecule has 0 spiro atoms. The molecule has 10 heteroatoms. The van der Waals surface area contributed by atoms with Crippen LogP contribution in [0.15, 0.2) is 22.0 Å². The number of nitrogens with two attached hydrogens (primary N) is 2. The van der Waals surface area contributed by atoms with Crippen molar-refractivity contribution in [1.82, 2.24) is 0 Å². The minimum atomic E-state index is -4.96. The molecule has 0 saturated carbocycles. The van der Waals surface area contributed by atoms with Gasteiger partial charge in [-0.25, -0.2) is 8.42 Å². The lowest BCUT2D eigenvalue weighted by molar-refractivity contribution is -0.139. The van der Waals surface area contributed by atoms with Crippen molar-refractivity contribution in [1.29, 1.82) is 0 Å². The molecule has 0 aliphatic rings. The van der Waals surface area contributed by atoms with Gasteiger partial charge in [-0.15, -0.1) is 0 Å². The maximum absolute atomic E-state index is 13.5. The first-order valence-electron chi connectivity index (χ1n) is 7.98. The molecular weight excluding hydrogens is 371 g/mol. The Morgan fingerprint density at radius 2 is 1.81 bits per heavy atom. The van der Waals surface area contributed by atoms with E-state index in [4.69, 9.17) is 11.5 Å². The maximum Gasteiger partial charge on any atom is 0.417 e. The van der Waals surface area contributed by atoms with Gasteiger partial charge in [0.1, 0.15) is 0 Å². The van der Waals surface area contributed by atoms with Crippen LogP contribution in [0.5, 0.6) is 0 Å². The van der Waals surface area contributed by atoms with E-state index in [1.165, 1.54) is 6.92 Å². The molecule has 146 valence electrons. The minimum absolute atomic E-state index is 0.121. The number of alkyl halides is 3. The van der Waals surface area contributed by atoms with Gasteiger partial charge in [0.05, 0.1) is 15.7 Å². The van der Waals surface area contributed by atoms with Crippen LogP contribution in [0.25, 0.3) is 0 Å². The summed E-state index contributed by atoms with van der Waals surface area (Å²) in [5.41, 5.74) is 8.56. The van der Waals surface area contributed by atoms with Crippen LogP contribution in [0.1, 0.15) is 55.1 Å². The molecule has 0 aromatic heterocycles. The summed E-state index contributed by atoms with van der Waals surface area (Å²) >= 11 is 0. The largest absolute Gasteiger partial charge is 0.417 e. The lowest BCUT2D eigenvalue weighted by atomic mass is 10.0. The van der Waals surface area contributed by atoms with Crippen LogP contribution < -0.4 is 11.5 Å². The topological polar surface area (TPSA) is 116 Å². The van der Waals surface area contributed by atoms with Crippen molar-refractivity contribution in [2.45, 2.75) is 56.4 Å². The van der Waals surface area contributed by atoms with Gasteiger partial charge in [-0.1, -0.05) is 20.3 Å². The molecule has 1 rings (SSSR count). The summed E-state index contributed by atoms with van der Waals surface area (Å²) in [7, 11) is -4.23. The zero-order valence-electron chi connectivity index (χ0n) is 14.7. The Morgan fingerprint density at radius 3 is 2.23 bits per heavy atom. The second-order valence-electron chi connectivity index (χ2n) is 5.84. The quantitative estimate of drug-likeness (QED) is 0.569. The molecule has 6 nitrogen and oxygen atoms in total. The predicted molar refractivity (Wildman–Crippen MR) is 92.5 cm³/mol. The van der Waals surface area contributed by atoms with Crippen LogP contribution in [0, 0.1) is 0 Å². The van der Waals surface area contributed by atoms with Gasteiger partial charge in [-0.3, -0.25) is 4.79 Å². The van der Waals surface area contributed by atoms with Gasteiger partial charge in [-0.05, 0) is 37.5 Å². The van der Waals surface area contributed by atoms with Gasteiger partial charge in [0.2, 0.25) is 0 Å². The summed E-state index contributed by atoms with van der Waals surface area (Å²) < 4.78 is 65.9. The number of halogens is 3. The number of aliphatic imine (C=N–C) groups is 1. The fourth-order valence-corrected chi connectivity index (χ4v) is 4.29. The molecule has 0 heterocycles. The molecular formula is C16H22F3N3O3S. The van der Waals surface area contributed by atoms with Gasteiger partial charge in [0.25, 0.3) is 5.91 Å². The van der Waals surface area contributed by atoms with E-state index < -0.39 is 43.6 Å². The first kappa shape index (κ1) is 21.9. The Hall–Kier alpha value is -2.10. The normalized spacial score (nSPS) is 13.3. The maximum atomic E-state index is 13.5. The van der Waals surface area contributed by atoms with Crippen molar-refractivity contribution in [2.24, 2.45) is 16.5 Å². The minimum Gasteiger partial charge on any atom is -0.370 e. The monoisotopic (exact) mass is 393 g/mol. The number of hydrogen-bond acceptors (Lipinski definition) is 3. The summed E-state index contributed by atoms with van der Waals surface area (Å²) in [5.74, 6) is -1.66. The van der Waals surface area contributed by atoms with Crippen molar-refractivity contribution in [3.63, 3.8) is 0 Å². The van der Waals surface area contributed by atoms with Crippen LogP contribution in [0.4, 0.5) is 13.2 Å². The van der Waals surface area contributed by atoms with E-state index in [1.54, 1.807) is 13.8 Å². The van der Waals surface area contributed by atoms with Crippen molar-refractivity contribution in [3.05, 3.63) is 28.8 Å². The predicted octanol–water partition coefficient (Wildman–Crippen LogP) is 2.64. The summed E-state index contributed by atoms with van der Waals surface area (Å²) in [6.07, 6.45) is -4.11. The van der Waals surface area contributed by atoms with Gasteiger partial charge in [0.15, 0.2) is 15.8 Å². The molecule has 4 N–H and O–H groups in total. The third kappa shape index (κ3) is 4.75. The van der Waals surface area contributed by atoms with Crippen molar-refractivity contribution in [3.8, 4) is 0 Å². The Labute approximate surface area is 150 Å². The van der Waals surface area contributed by atoms with E-state index in [0.29, 0.717) is 12.5 Å². The molecule has 1 atom stereocenters. The highest BCUT2D eigenvalue weighted by molar-refractivity contribution is 7.92. The highest BCUT2D eigenvalue weighted by atomic mass is 32.2. The molecule has 1 amide bonds. The molecule has 0 bridgehead atoms. The molecule has 0 radical (unpaired) electrons. The first-order chi connectivity index (χ1) is 11.9. The number of hydrogen-bond donors (Lipinski definition) is 2. The second-order valence-corrected chi connectivity index (χ2v) is 8.18. The number of nitrogens with zero attached hydrogens (tertiary/aromatic N) is 1. The van der Waals surface area contributed by atoms with Crippen LogP contribution in [-0.4, -0.2) is 25.5 Å². The third-order valence-corrected chi connectivity index (χ3v) is 6.13. The number of sulfone groups is 1. The number of guanidine groups is 1. The lowest BCUT2D eigenvalue weighted by Gasteiger charge is -2.19.